The number of ketones is 1. The summed E-state index contributed by atoms with van der Waals surface area (Å²) in [7, 11) is 0. The molecule has 1 aromatic rings. The predicted octanol–water partition coefficient (Wildman–Crippen LogP) is 3.43. The predicted molar refractivity (Wildman–Crippen MR) is 86.4 cm³/mol. The average molecular weight is 335 g/mol. The number of esters is 1. The molecular weight excluding hydrogens is 316 g/mol. The van der Waals surface area contributed by atoms with E-state index in [0.29, 0.717) is 23.1 Å². The van der Waals surface area contributed by atoms with Crippen molar-refractivity contribution in [3.63, 3.8) is 0 Å². The molecule has 0 bridgehead atoms. The van der Waals surface area contributed by atoms with Crippen molar-refractivity contribution in [3.8, 4) is 5.75 Å². The summed E-state index contributed by atoms with van der Waals surface area (Å²) in [6.07, 6.45) is 4.83. The normalized spacial score (nSPS) is 29.6. The molecule has 1 aliphatic heterocycles. The van der Waals surface area contributed by atoms with Crippen molar-refractivity contribution in [2.24, 2.45) is 17.8 Å². The third-order valence-electron chi connectivity index (χ3n) is 4.60. The molecule has 5 heteroatoms. The highest BCUT2D eigenvalue weighted by atomic mass is 35.5. The summed E-state index contributed by atoms with van der Waals surface area (Å²) in [4.78, 5) is 23.4. The van der Waals surface area contributed by atoms with Crippen LogP contribution in [0.3, 0.4) is 0 Å². The van der Waals surface area contributed by atoms with E-state index in [-0.39, 0.29) is 36.3 Å². The molecular formula is C18H19ClO4. The zero-order valence-electron chi connectivity index (χ0n) is 12.9. The number of hydrogen-bond acceptors (Lipinski definition) is 4. The molecule has 0 spiro atoms. The van der Waals surface area contributed by atoms with Crippen LogP contribution in [0.4, 0.5) is 0 Å². The first-order valence-electron chi connectivity index (χ1n) is 7.82. The quantitative estimate of drug-likeness (QED) is 0.611. The van der Waals surface area contributed by atoms with Crippen molar-refractivity contribution in [1.82, 2.24) is 0 Å². The van der Waals surface area contributed by atoms with Crippen molar-refractivity contribution in [1.29, 1.82) is 0 Å². The molecule has 2 aliphatic rings. The van der Waals surface area contributed by atoms with E-state index in [1.54, 1.807) is 30.3 Å². The van der Waals surface area contributed by atoms with Crippen LogP contribution in [0.1, 0.15) is 19.8 Å². The third kappa shape index (κ3) is 3.75. The fraction of sp³-hybridized carbons (Fsp3) is 0.444. The van der Waals surface area contributed by atoms with E-state index >= 15 is 0 Å². The fourth-order valence-electron chi connectivity index (χ4n) is 3.49. The second-order valence-corrected chi connectivity index (χ2v) is 6.69. The second kappa shape index (κ2) is 6.75. The van der Waals surface area contributed by atoms with Crippen molar-refractivity contribution < 1.29 is 19.1 Å². The number of fused-ring (bicyclic) bond motifs is 1. The lowest BCUT2D eigenvalue weighted by Crippen LogP contribution is -2.15. The van der Waals surface area contributed by atoms with E-state index in [0.717, 1.165) is 6.42 Å². The lowest BCUT2D eigenvalue weighted by molar-refractivity contribution is -0.141. The van der Waals surface area contributed by atoms with Crippen LogP contribution in [0.2, 0.25) is 5.02 Å². The van der Waals surface area contributed by atoms with E-state index in [4.69, 9.17) is 21.1 Å². The summed E-state index contributed by atoms with van der Waals surface area (Å²) < 4.78 is 10.7. The molecule has 2 fully saturated rings. The van der Waals surface area contributed by atoms with Gasteiger partial charge in [0.2, 0.25) is 0 Å². The lowest BCUT2D eigenvalue weighted by Gasteiger charge is -2.15. The molecule has 1 aliphatic carbocycles. The molecule has 4 atom stereocenters. The summed E-state index contributed by atoms with van der Waals surface area (Å²) in [6.45, 7) is 2.11. The monoisotopic (exact) mass is 334 g/mol. The van der Waals surface area contributed by atoms with E-state index < -0.39 is 0 Å². The maximum atomic E-state index is 12.0. The Morgan fingerprint density at radius 2 is 2.30 bits per heavy atom. The number of ether oxygens (including phenoxy) is 2. The van der Waals surface area contributed by atoms with E-state index in [9.17, 15) is 9.59 Å². The molecule has 23 heavy (non-hydrogen) atoms. The smallest absolute Gasteiger partial charge is 0.306 e. The van der Waals surface area contributed by atoms with Crippen LogP contribution in [0.15, 0.2) is 36.4 Å². The second-order valence-electron chi connectivity index (χ2n) is 6.26. The Bertz CT molecular complexity index is 640. The minimum Gasteiger partial charge on any atom is -0.485 e. The maximum absolute atomic E-state index is 12.0. The Kier molecular flexibility index (Phi) is 4.71. The molecule has 1 aromatic carbocycles. The number of halogens is 1. The van der Waals surface area contributed by atoms with Crippen LogP contribution >= 0.6 is 11.6 Å². The highest BCUT2D eigenvalue weighted by molar-refractivity contribution is 6.30. The molecule has 4 nitrogen and oxygen atoms in total. The van der Waals surface area contributed by atoms with Gasteiger partial charge in [0.15, 0.2) is 12.4 Å². The van der Waals surface area contributed by atoms with Crippen LogP contribution in [-0.2, 0) is 14.3 Å². The lowest BCUT2D eigenvalue weighted by atomic mass is 9.88. The standard InChI is InChI=1S/C18H19ClO4/c1-11-7-17-16(9-18(21)23-17)15(11)6-5-13(20)10-22-14-4-2-3-12(19)8-14/h2-6,8,11,15-17H,7,9-10H2,1H3/b6-5+/t11-,15+,16-,17+/m1/s1. The van der Waals surface area contributed by atoms with Crippen LogP contribution in [0.5, 0.6) is 5.75 Å². The first-order valence-corrected chi connectivity index (χ1v) is 8.19. The summed E-state index contributed by atoms with van der Waals surface area (Å²) in [5.41, 5.74) is 0. The van der Waals surface area contributed by atoms with Crippen molar-refractivity contribution in [2.75, 3.05) is 6.61 Å². The molecule has 0 radical (unpaired) electrons. The minimum atomic E-state index is -0.124. The topological polar surface area (TPSA) is 52.6 Å². The summed E-state index contributed by atoms with van der Waals surface area (Å²) in [5.74, 6) is 1.17. The molecule has 1 heterocycles. The van der Waals surface area contributed by atoms with Crippen molar-refractivity contribution in [3.05, 3.63) is 41.4 Å². The van der Waals surface area contributed by atoms with Gasteiger partial charge in [-0.15, -0.1) is 0 Å². The van der Waals surface area contributed by atoms with Crippen molar-refractivity contribution in [2.45, 2.75) is 25.9 Å². The van der Waals surface area contributed by atoms with E-state index in [1.165, 1.54) is 0 Å². The highest BCUT2D eigenvalue weighted by Gasteiger charge is 2.47. The number of hydrogen-bond donors (Lipinski definition) is 0. The van der Waals surface area contributed by atoms with Gasteiger partial charge in [0.05, 0.1) is 6.42 Å². The van der Waals surface area contributed by atoms with Gasteiger partial charge in [-0.05, 0) is 42.5 Å². The fourth-order valence-corrected chi connectivity index (χ4v) is 3.67. The molecule has 1 saturated carbocycles. The van der Waals surface area contributed by atoms with Gasteiger partial charge >= 0.3 is 5.97 Å². The number of carbonyl (C=O) groups is 2. The average Bonchev–Trinajstić information content (AvgIpc) is 2.98. The van der Waals surface area contributed by atoms with Gasteiger partial charge in [0.25, 0.3) is 0 Å². The van der Waals surface area contributed by atoms with Gasteiger partial charge in [-0.2, -0.15) is 0 Å². The Hall–Kier alpha value is -1.81. The maximum Gasteiger partial charge on any atom is 0.306 e. The summed E-state index contributed by atoms with van der Waals surface area (Å²) in [5, 5.41) is 0.571. The van der Waals surface area contributed by atoms with Crippen LogP contribution in [-0.4, -0.2) is 24.5 Å². The molecule has 122 valence electrons. The van der Waals surface area contributed by atoms with E-state index in [2.05, 4.69) is 6.92 Å². The molecule has 0 N–H and O–H groups in total. The van der Waals surface area contributed by atoms with Gasteiger partial charge < -0.3 is 9.47 Å². The zero-order valence-corrected chi connectivity index (χ0v) is 13.7. The van der Waals surface area contributed by atoms with Crippen LogP contribution < -0.4 is 4.74 Å². The largest absolute Gasteiger partial charge is 0.485 e. The molecule has 0 aromatic heterocycles. The van der Waals surface area contributed by atoms with Crippen molar-refractivity contribution >= 4 is 23.4 Å². The number of carbonyl (C=O) groups excluding carboxylic acids is 2. The third-order valence-corrected chi connectivity index (χ3v) is 4.83. The zero-order chi connectivity index (χ0) is 16.4. The number of rotatable bonds is 5. The van der Waals surface area contributed by atoms with Gasteiger partial charge in [0, 0.05) is 10.9 Å². The summed E-state index contributed by atoms with van der Waals surface area (Å²) >= 11 is 5.87. The molecule has 0 amide bonds. The first kappa shape index (κ1) is 16.1. The van der Waals surface area contributed by atoms with E-state index in [1.807, 2.05) is 6.08 Å². The van der Waals surface area contributed by atoms with Gasteiger partial charge in [-0.1, -0.05) is 30.7 Å². The molecule has 0 unspecified atom stereocenters. The summed E-state index contributed by atoms with van der Waals surface area (Å²) in [6, 6.07) is 6.95. The molecule has 1 saturated heterocycles. The number of benzene rings is 1. The number of allylic oxidation sites excluding steroid dienone is 1. The first-order chi connectivity index (χ1) is 11.0. The van der Waals surface area contributed by atoms with Gasteiger partial charge in [-0.25, -0.2) is 0 Å². The van der Waals surface area contributed by atoms with Gasteiger partial charge in [-0.3, -0.25) is 9.59 Å². The SMILES string of the molecule is C[C@@H]1C[C@@H]2OC(=O)C[C@@H]2[C@H]1/C=C/C(=O)COc1cccc(Cl)c1. The highest BCUT2D eigenvalue weighted by Crippen LogP contribution is 2.45. The minimum absolute atomic E-state index is 0.0185. The Balaban J connectivity index is 1.55. The van der Waals surface area contributed by atoms with Gasteiger partial charge in [0.1, 0.15) is 11.9 Å². The van der Waals surface area contributed by atoms with Crippen LogP contribution in [0.25, 0.3) is 0 Å². The Labute approximate surface area is 140 Å². The Morgan fingerprint density at radius 3 is 3.09 bits per heavy atom. The van der Waals surface area contributed by atoms with Crippen LogP contribution in [0, 0.1) is 17.8 Å². The Morgan fingerprint density at radius 1 is 1.48 bits per heavy atom. The molecule has 3 rings (SSSR count).